The molecule has 1 atom stereocenters. The zero-order valence-corrected chi connectivity index (χ0v) is 18.8. The average Bonchev–Trinajstić information content (AvgIpc) is 3.46. The molecule has 0 spiro atoms. The zero-order valence-electron chi connectivity index (χ0n) is 18.8. The Kier molecular flexibility index (Phi) is 5.73. The summed E-state index contributed by atoms with van der Waals surface area (Å²) in [6.07, 6.45) is 3.06. The standard InChI is InChI=1S/C24H18F5N7/c1-2-19(12-5-18(31-7-12)15-4-3-14(25)6-17(15)26)36-10-16(20-21(30)34-11-35-22(20)36)13-8-32-23(33-9-13)24(27,28)29/h3-4,6-11,19H,2,5H2,1H3,(H2,30,34,35). The Morgan fingerprint density at radius 3 is 2.47 bits per heavy atom. The van der Waals surface area contributed by atoms with Crippen molar-refractivity contribution in [1.29, 1.82) is 0 Å². The molecule has 0 radical (unpaired) electrons. The molecule has 3 aromatic heterocycles. The van der Waals surface area contributed by atoms with Gasteiger partial charge in [-0.1, -0.05) is 6.92 Å². The first kappa shape index (κ1) is 23.5. The summed E-state index contributed by atoms with van der Waals surface area (Å²) in [6, 6.07) is 3.05. The summed E-state index contributed by atoms with van der Waals surface area (Å²) in [5, 5.41) is 0.448. The summed E-state index contributed by atoms with van der Waals surface area (Å²) in [4.78, 5) is 19.7. The maximum Gasteiger partial charge on any atom is 0.451 e. The van der Waals surface area contributed by atoms with Crippen LogP contribution in [0.3, 0.4) is 0 Å². The van der Waals surface area contributed by atoms with E-state index in [0.717, 1.165) is 24.0 Å². The van der Waals surface area contributed by atoms with E-state index in [1.165, 1.54) is 18.5 Å². The quantitative estimate of drug-likeness (QED) is 0.366. The molecule has 0 aliphatic carbocycles. The number of fused-ring (bicyclic) bond motifs is 1. The predicted molar refractivity (Wildman–Crippen MR) is 123 cm³/mol. The number of anilines is 1. The van der Waals surface area contributed by atoms with E-state index < -0.39 is 23.6 Å². The fourth-order valence-corrected chi connectivity index (χ4v) is 4.35. The fraction of sp³-hybridized carbons (Fsp3) is 0.208. The maximum absolute atomic E-state index is 14.3. The Bertz CT molecular complexity index is 1520. The third-order valence-electron chi connectivity index (χ3n) is 6.01. The largest absolute Gasteiger partial charge is 0.451 e. The number of hydrogen-bond acceptors (Lipinski definition) is 6. The van der Waals surface area contributed by atoms with E-state index >= 15 is 0 Å². The van der Waals surface area contributed by atoms with Gasteiger partial charge in [0, 0.05) is 54.0 Å². The van der Waals surface area contributed by atoms with Crippen LogP contribution in [0.4, 0.5) is 27.8 Å². The number of hydrogen-bond donors (Lipinski definition) is 1. The number of halogens is 5. The van der Waals surface area contributed by atoms with Crippen LogP contribution in [-0.2, 0) is 6.18 Å². The van der Waals surface area contributed by atoms with Crippen molar-refractivity contribution in [3.63, 3.8) is 0 Å². The number of allylic oxidation sites excluding steroid dienone is 1. The van der Waals surface area contributed by atoms with Crippen LogP contribution >= 0.6 is 0 Å². The zero-order chi connectivity index (χ0) is 25.6. The lowest BCUT2D eigenvalue weighted by Gasteiger charge is -2.19. The molecule has 36 heavy (non-hydrogen) atoms. The monoisotopic (exact) mass is 499 g/mol. The molecule has 0 saturated carbocycles. The molecule has 0 saturated heterocycles. The van der Waals surface area contributed by atoms with Gasteiger partial charge in [0.2, 0.25) is 5.82 Å². The summed E-state index contributed by atoms with van der Waals surface area (Å²) in [5.74, 6) is -2.48. The normalized spacial score (nSPS) is 14.7. The van der Waals surface area contributed by atoms with Gasteiger partial charge in [-0.3, -0.25) is 4.99 Å². The Morgan fingerprint density at radius 2 is 1.81 bits per heavy atom. The number of nitrogens with two attached hydrogens (primary N) is 1. The van der Waals surface area contributed by atoms with E-state index in [9.17, 15) is 22.0 Å². The SMILES string of the molecule is CCC(C1=CN=C(c2ccc(F)cc2F)C1)n1cc(-c2cnc(C(F)(F)F)nc2)c2c(N)ncnc21. The highest BCUT2D eigenvalue weighted by molar-refractivity contribution is 6.04. The van der Waals surface area contributed by atoms with Gasteiger partial charge in [0.25, 0.3) is 0 Å². The van der Waals surface area contributed by atoms with Crippen LogP contribution in [0.1, 0.15) is 37.2 Å². The van der Waals surface area contributed by atoms with Gasteiger partial charge in [-0.25, -0.2) is 28.7 Å². The van der Waals surface area contributed by atoms with Crippen molar-refractivity contribution in [1.82, 2.24) is 24.5 Å². The van der Waals surface area contributed by atoms with Crippen LogP contribution in [0.2, 0.25) is 0 Å². The molecule has 5 rings (SSSR count). The molecule has 12 heteroatoms. The van der Waals surface area contributed by atoms with E-state index in [-0.39, 0.29) is 17.4 Å². The second-order valence-corrected chi connectivity index (χ2v) is 8.21. The average molecular weight is 499 g/mol. The number of nitrogens with zero attached hydrogens (tertiary/aromatic N) is 6. The third-order valence-corrected chi connectivity index (χ3v) is 6.01. The van der Waals surface area contributed by atoms with E-state index in [0.29, 0.717) is 40.7 Å². The molecule has 4 aromatic rings. The van der Waals surface area contributed by atoms with Crippen molar-refractivity contribution < 1.29 is 22.0 Å². The van der Waals surface area contributed by atoms with E-state index in [1.807, 2.05) is 11.5 Å². The second kappa shape index (κ2) is 8.77. The summed E-state index contributed by atoms with van der Waals surface area (Å²) >= 11 is 0. The van der Waals surface area contributed by atoms with Crippen LogP contribution in [0, 0.1) is 11.6 Å². The first-order valence-corrected chi connectivity index (χ1v) is 10.9. The van der Waals surface area contributed by atoms with Gasteiger partial charge in [0.15, 0.2) is 0 Å². The molecule has 1 unspecified atom stereocenters. The molecule has 184 valence electrons. The van der Waals surface area contributed by atoms with Crippen molar-refractivity contribution in [2.75, 3.05) is 5.73 Å². The number of aromatic nitrogens is 5. The Hall–Kier alpha value is -4.22. The van der Waals surface area contributed by atoms with Crippen LogP contribution in [0.5, 0.6) is 0 Å². The molecule has 1 aliphatic rings. The lowest BCUT2D eigenvalue weighted by molar-refractivity contribution is -0.144. The third kappa shape index (κ3) is 4.08. The minimum atomic E-state index is -4.67. The Morgan fingerprint density at radius 1 is 1.06 bits per heavy atom. The van der Waals surface area contributed by atoms with Crippen LogP contribution in [-0.4, -0.2) is 30.2 Å². The predicted octanol–water partition coefficient (Wildman–Crippen LogP) is 5.50. The Balaban J connectivity index is 1.53. The van der Waals surface area contributed by atoms with E-state index in [4.69, 9.17) is 5.73 Å². The van der Waals surface area contributed by atoms with Crippen molar-refractivity contribution in [3.8, 4) is 11.1 Å². The lowest BCUT2D eigenvalue weighted by Crippen LogP contribution is -2.12. The second-order valence-electron chi connectivity index (χ2n) is 8.21. The van der Waals surface area contributed by atoms with Gasteiger partial charge in [0.05, 0.1) is 17.1 Å². The minimum Gasteiger partial charge on any atom is -0.383 e. The summed E-state index contributed by atoms with van der Waals surface area (Å²) < 4.78 is 68.3. The summed E-state index contributed by atoms with van der Waals surface area (Å²) in [7, 11) is 0. The number of rotatable bonds is 5. The molecule has 0 bridgehead atoms. The summed E-state index contributed by atoms with van der Waals surface area (Å²) in [5.41, 5.74) is 8.90. The fourth-order valence-electron chi connectivity index (χ4n) is 4.35. The molecule has 1 aliphatic heterocycles. The molecule has 0 fully saturated rings. The molecule has 7 nitrogen and oxygen atoms in total. The van der Waals surface area contributed by atoms with Crippen molar-refractivity contribution >= 4 is 22.6 Å². The van der Waals surface area contributed by atoms with E-state index in [2.05, 4.69) is 24.9 Å². The van der Waals surface area contributed by atoms with Gasteiger partial charge >= 0.3 is 6.18 Å². The van der Waals surface area contributed by atoms with Gasteiger partial charge in [0.1, 0.15) is 29.4 Å². The topological polar surface area (TPSA) is 94.9 Å². The molecular weight excluding hydrogens is 481 g/mol. The Labute approximate surface area is 201 Å². The van der Waals surface area contributed by atoms with Crippen molar-refractivity contribution in [3.05, 3.63) is 77.9 Å². The minimum absolute atomic E-state index is 0.147. The van der Waals surface area contributed by atoms with Crippen LogP contribution < -0.4 is 5.73 Å². The molecule has 0 amide bonds. The van der Waals surface area contributed by atoms with Gasteiger partial charge in [-0.2, -0.15) is 13.2 Å². The first-order chi connectivity index (χ1) is 17.2. The van der Waals surface area contributed by atoms with Crippen LogP contribution in [0.15, 0.2) is 59.9 Å². The highest BCUT2D eigenvalue weighted by Crippen LogP contribution is 2.38. The van der Waals surface area contributed by atoms with Gasteiger partial charge in [-0.05, 0) is 24.1 Å². The smallest absolute Gasteiger partial charge is 0.383 e. The number of nitrogen functional groups attached to an aromatic ring is 1. The maximum atomic E-state index is 14.3. The molecule has 1 aromatic carbocycles. The first-order valence-electron chi connectivity index (χ1n) is 10.9. The highest BCUT2D eigenvalue weighted by Gasteiger charge is 2.34. The van der Waals surface area contributed by atoms with Crippen LogP contribution in [0.25, 0.3) is 22.2 Å². The van der Waals surface area contributed by atoms with Crippen molar-refractivity contribution in [2.24, 2.45) is 4.99 Å². The van der Waals surface area contributed by atoms with Gasteiger partial charge < -0.3 is 10.3 Å². The number of aliphatic imine (C=N–C) groups is 1. The number of benzene rings is 1. The molecule has 2 N–H and O–H groups in total. The van der Waals surface area contributed by atoms with Crippen molar-refractivity contribution in [2.45, 2.75) is 32.0 Å². The highest BCUT2D eigenvalue weighted by atomic mass is 19.4. The molecular formula is C24H18F5N7. The lowest BCUT2D eigenvalue weighted by atomic mass is 9.98. The summed E-state index contributed by atoms with van der Waals surface area (Å²) in [6.45, 7) is 1.94. The van der Waals surface area contributed by atoms with E-state index in [1.54, 1.807) is 12.4 Å². The number of alkyl halides is 3. The van der Waals surface area contributed by atoms with Gasteiger partial charge in [-0.15, -0.1) is 0 Å². The molecule has 4 heterocycles.